The lowest BCUT2D eigenvalue weighted by atomic mass is 10.0. The summed E-state index contributed by atoms with van der Waals surface area (Å²) < 4.78 is 1.65. The van der Waals surface area contributed by atoms with Crippen LogP contribution >= 0.6 is 0 Å². The molecule has 2 aromatic carbocycles. The first-order valence-corrected chi connectivity index (χ1v) is 10.0. The summed E-state index contributed by atoms with van der Waals surface area (Å²) in [6.07, 6.45) is 6.55. The number of aromatic nitrogens is 4. The Labute approximate surface area is 183 Å². The number of H-pyrrole nitrogens is 1. The summed E-state index contributed by atoms with van der Waals surface area (Å²) in [6, 6.07) is 14.8. The van der Waals surface area contributed by atoms with Gasteiger partial charge in [-0.2, -0.15) is 5.10 Å². The molecule has 0 aliphatic heterocycles. The third kappa shape index (κ3) is 3.26. The van der Waals surface area contributed by atoms with Gasteiger partial charge in [0.05, 0.1) is 22.9 Å². The minimum atomic E-state index is -0.310. The molecule has 5 aromatic rings. The Kier molecular flexibility index (Phi) is 4.63. The van der Waals surface area contributed by atoms with Gasteiger partial charge in [0.1, 0.15) is 0 Å². The number of fused-ring (bicyclic) bond motifs is 3. The van der Waals surface area contributed by atoms with Crippen LogP contribution in [0.4, 0.5) is 5.69 Å². The normalized spacial score (nSPS) is 11.0. The van der Waals surface area contributed by atoms with Gasteiger partial charge in [-0.3, -0.25) is 24.2 Å². The predicted molar refractivity (Wildman–Crippen MR) is 126 cm³/mol. The van der Waals surface area contributed by atoms with Crippen molar-refractivity contribution in [2.24, 2.45) is 0 Å². The number of hydrogen-bond donors (Lipinski definition) is 2. The molecule has 0 bridgehead atoms. The number of carbonyl (C=O) groups excluding carboxylic acids is 1. The number of anilines is 1. The molecule has 0 fully saturated rings. The number of hydrogen-bond acceptors (Lipinski definition) is 4. The fourth-order valence-electron chi connectivity index (χ4n) is 3.82. The third-order valence-electron chi connectivity index (χ3n) is 5.47. The van der Waals surface area contributed by atoms with Crippen LogP contribution in [0.2, 0.25) is 0 Å². The summed E-state index contributed by atoms with van der Waals surface area (Å²) in [5.41, 5.74) is 5.40. The lowest BCUT2D eigenvalue weighted by molar-refractivity contribution is -0.111. The van der Waals surface area contributed by atoms with Crippen LogP contribution in [0.15, 0.2) is 84.6 Å². The molecule has 0 saturated heterocycles. The molecule has 0 atom stereocenters. The highest BCUT2D eigenvalue weighted by atomic mass is 16.1. The van der Waals surface area contributed by atoms with Gasteiger partial charge >= 0.3 is 0 Å². The van der Waals surface area contributed by atoms with Crippen molar-refractivity contribution in [3.63, 3.8) is 0 Å². The molecule has 0 aliphatic rings. The van der Waals surface area contributed by atoms with E-state index < -0.39 is 0 Å². The van der Waals surface area contributed by atoms with Crippen LogP contribution in [0.1, 0.15) is 5.56 Å². The van der Waals surface area contributed by atoms with E-state index >= 15 is 0 Å². The molecule has 1 amide bonds. The van der Waals surface area contributed by atoms with Crippen molar-refractivity contribution in [1.29, 1.82) is 0 Å². The molecule has 7 heteroatoms. The predicted octanol–water partition coefficient (Wildman–Crippen LogP) is 4.36. The maximum absolute atomic E-state index is 13.1. The van der Waals surface area contributed by atoms with Crippen LogP contribution in [-0.2, 0) is 4.79 Å². The highest BCUT2D eigenvalue weighted by Gasteiger charge is 2.13. The number of amides is 1. The SMILES string of the molecule is C=CC(=O)Nc1cc(-n2c(=O)ccc3cnc4ccc(-c5cn[nH]c5)cc4c32)ccc1C. The van der Waals surface area contributed by atoms with E-state index in [1.807, 2.05) is 43.5 Å². The number of carbonyl (C=O) groups is 1. The zero-order valence-electron chi connectivity index (χ0n) is 17.3. The molecule has 0 spiro atoms. The molecule has 156 valence electrons. The van der Waals surface area contributed by atoms with Crippen LogP contribution in [0.5, 0.6) is 0 Å². The number of aryl methyl sites for hydroxylation is 1. The summed E-state index contributed by atoms with van der Waals surface area (Å²) in [6.45, 7) is 5.40. The number of nitrogens with one attached hydrogen (secondary N) is 2. The molecule has 2 N–H and O–H groups in total. The summed E-state index contributed by atoms with van der Waals surface area (Å²) in [7, 11) is 0. The topological polar surface area (TPSA) is 92.7 Å². The van der Waals surface area contributed by atoms with Crippen LogP contribution in [0, 0.1) is 6.92 Å². The van der Waals surface area contributed by atoms with Gasteiger partial charge in [0.2, 0.25) is 5.91 Å². The number of rotatable bonds is 4. The van der Waals surface area contributed by atoms with E-state index in [0.717, 1.165) is 38.5 Å². The van der Waals surface area contributed by atoms with Crippen molar-refractivity contribution in [2.45, 2.75) is 6.92 Å². The standard InChI is InChI=1S/C25H19N5O2/c1-3-23(31)29-22-11-19(7-4-15(22)2)30-24(32)9-6-17-12-26-21-8-5-16(10-20(21)25(17)30)18-13-27-28-14-18/h3-14H,1H2,2H3,(H,27,28)(H,29,31). The fraction of sp³-hybridized carbons (Fsp3) is 0.0400. The summed E-state index contributed by atoms with van der Waals surface area (Å²) in [5, 5.41) is 11.3. The second-order valence-corrected chi connectivity index (χ2v) is 7.48. The first-order valence-electron chi connectivity index (χ1n) is 10.0. The Bertz CT molecular complexity index is 1570. The van der Waals surface area contributed by atoms with E-state index in [-0.39, 0.29) is 11.5 Å². The number of aromatic amines is 1. The largest absolute Gasteiger partial charge is 0.322 e. The van der Waals surface area contributed by atoms with Gasteiger partial charge in [0, 0.05) is 40.5 Å². The second kappa shape index (κ2) is 7.63. The lowest BCUT2D eigenvalue weighted by Gasteiger charge is -2.15. The highest BCUT2D eigenvalue weighted by Crippen LogP contribution is 2.30. The van der Waals surface area contributed by atoms with Crippen molar-refractivity contribution in [1.82, 2.24) is 19.7 Å². The molecular weight excluding hydrogens is 402 g/mol. The first-order chi connectivity index (χ1) is 15.5. The average Bonchev–Trinajstić information content (AvgIpc) is 3.35. The van der Waals surface area contributed by atoms with Gasteiger partial charge in [0.15, 0.2) is 0 Å². The van der Waals surface area contributed by atoms with Crippen LogP contribution in [0.3, 0.4) is 0 Å². The highest BCUT2D eigenvalue weighted by molar-refractivity contribution is 6.05. The maximum atomic E-state index is 13.1. The summed E-state index contributed by atoms with van der Waals surface area (Å²) in [4.78, 5) is 29.5. The smallest absolute Gasteiger partial charge is 0.255 e. The zero-order chi connectivity index (χ0) is 22.2. The van der Waals surface area contributed by atoms with Crippen LogP contribution in [0.25, 0.3) is 38.6 Å². The van der Waals surface area contributed by atoms with Gasteiger partial charge in [-0.05, 0) is 54.5 Å². The monoisotopic (exact) mass is 421 g/mol. The summed E-state index contributed by atoms with van der Waals surface area (Å²) in [5.74, 6) is -0.310. The Balaban J connectivity index is 1.81. The van der Waals surface area contributed by atoms with E-state index in [1.54, 1.807) is 29.1 Å². The van der Waals surface area contributed by atoms with Crippen LogP contribution < -0.4 is 10.9 Å². The van der Waals surface area contributed by atoms with Crippen molar-refractivity contribution >= 4 is 33.4 Å². The third-order valence-corrected chi connectivity index (χ3v) is 5.47. The quantitative estimate of drug-likeness (QED) is 0.333. The van der Waals surface area contributed by atoms with Crippen LogP contribution in [-0.4, -0.2) is 25.7 Å². The van der Waals surface area contributed by atoms with Gasteiger partial charge in [-0.25, -0.2) is 0 Å². The van der Waals surface area contributed by atoms with Crippen molar-refractivity contribution < 1.29 is 4.79 Å². The molecule has 0 unspecified atom stereocenters. The number of nitrogens with zero attached hydrogens (tertiary/aromatic N) is 3. The molecule has 32 heavy (non-hydrogen) atoms. The van der Waals surface area contributed by atoms with E-state index in [0.29, 0.717) is 11.4 Å². The van der Waals surface area contributed by atoms with Gasteiger partial charge in [0.25, 0.3) is 5.56 Å². The molecule has 0 saturated carbocycles. The van der Waals surface area contributed by atoms with Gasteiger partial charge in [-0.15, -0.1) is 0 Å². The summed E-state index contributed by atoms with van der Waals surface area (Å²) >= 11 is 0. The Hall–Kier alpha value is -4.52. The van der Waals surface area contributed by atoms with Gasteiger partial charge < -0.3 is 5.32 Å². The Morgan fingerprint density at radius 3 is 2.75 bits per heavy atom. The molecule has 3 aromatic heterocycles. The van der Waals surface area contributed by atoms with Crippen molar-refractivity contribution in [2.75, 3.05) is 5.32 Å². The Morgan fingerprint density at radius 1 is 1.09 bits per heavy atom. The molecule has 5 rings (SSSR count). The molecule has 0 aliphatic carbocycles. The van der Waals surface area contributed by atoms with E-state index in [4.69, 9.17) is 0 Å². The van der Waals surface area contributed by atoms with Crippen molar-refractivity contribution in [3.05, 3.63) is 95.7 Å². The first kappa shape index (κ1) is 19.4. The fourth-order valence-corrected chi connectivity index (χ4v) is 3.82. The molecule has 0 radical (unpaired) electrons. The van der Waals surface area contributed by atoms with E-state index in [9.17, 15) is 9.59 Å². The second-order valence-electron chi connectivity index (χ2n) is 7.48. The van der Waals surface area contributed by atoms with Crippen molar-refractivity contribution in [3.8, 4) is 16.8 Å². The molecule has 3 heterocycles. The molecule has 7 nitrogen and oxygen atoms in total. The number of benzene rings is 2. The Morgan fingerprint density at radius 2 is 1.97 bits per heavy atom. The maximum Gasteiger partial charge on any atom is 0.255 e. The van der Waals surface area contributed by atoms with Gasteiger partial charge in [-0.1, -0.05) is 18.7 Å². The van der Waals surface area contributed by atoms with E-state index in [1.165, 1.54) is 12.1 Å². The zero-order valence-corrected chi connectivity index (χ0v) is 17.3. The average molecular weight is 421 g/mol. The van der Waals surface area contributed by atoms with E-state index in [2.05, 4.69) is 27.1 Å². The lowest BCUT2D eigenvalue weighted by Crippen LogP contribution is -2.18. The number of pyridine rings is 2. The minimum absolute atomic E-state index is 0.177. The molecular formula is C25H19N5O2. The minimum Gasteiger partial charge on any atom is -0.322 e.